The molecule has 7 heteroatoms. The molecule has 2 fully saturated rings. The number of carbonyl (C=O) groups excluding carboxylic acids is 3. The number of anilines is 1. The van der Waals surface area contributed by atoms with Crippen LogP contribution in [0.1, 0.15) is 22.3 Å². The molecular formula is C41H30FNO5. The lowest BCUT2D eigenvalue weighted by Gasteiger charge is -2.39. The molecule has 5 aromatic rings. The summed E-state index contributed by atoms with van der Waals surface area (Å²) in [4.78, 5) is 47.1. The summed E-state index contributed by atoms with van der Waals surface area (Å²) in [7, 11) is 3.18. The van der Waals surface area contributed by atoms with Gasteiger partial charge in [-0.25, -0.2) is 9.29 Å². The molecule has 48 heavy (non-hydrogen) atoms. The second-order valence-electron chi connectivity index (χ2n) is 12.3. The van der Waals surface area contributed by atoms with Crippen molar-refractivity contribution in [3.8, 4) is 11.5 Å². The third kappa shape index (κ3) is 3.75. The van der Waals surface area contributed by atoms with Crippen LogP contribution in [0.15, 0.2) is 133 Å². The van der Waals surface area contributed by atoms with Crippen molar-refractivity contribution in [1.82, 2.24) is 0 Å². The van der Waals surface area contributed by atoms with E-state index in [-0.39, 0.29) is 11.5 Å². The van der Waals surface area contributed by atoms with Gasteiger partial charge in [0.2, 0.25) is 11.8 Å². The summed E-state index contributed by atoms with van der Waals surface area (Å²) < 4.78 is 25.1. The molecule has 0 spiro atoms. The molecule has 8 rings (SSSR count). The number of allylic oxidation sites excluding steroid dienone is 2. The van der Waals surface area contributed by atoms with E-state index in [2.05, 4.69) is 0 Å². The molecule has 4 atom stereocenters. The molecule has 1 saturated heterocycles. The Morgan fingerprint density at radius 2 is 0.938 bits per heavy atom. The summed E-state index contributed by atoms with van der Waals surface area (Å²) in [5, 5.41) is 0. The number of amides is 2. The zero-order chi connectivity index (χ0) is 33.2. The number of nitrogens with zero attached hydrogens (tertiary/aromatic N) is 1. The molecule has 2 aliphatic carbocycles. The summed E-state index contributed by atoms with van der Waals surface area (Å²) in [6.07, 6.45) is 0. The molecule has 1 aliphatic heterocycles. The Kier molecular flexibility index (Phi) is 6.70. The van der Waals surface area contributed by atoms with Crippen LogP contribution in [0.3, 0.4) is 0 Å². The van der Waals surface area contributed by atoms with E-state index in [0.717, 1.165) is 16.0 Å². The molecule has 236 valence electrons. The average Bonchev–Trinajstić information content (AvgIpc) is 3.65. The van der Waals surface area contributed by atoms with Crippen molar-refractivity contribution in [3.63, 3.8) is 0 Å². The van der Waals surface area contributed by atoms with Gasteiger partial charge in [0.1, 0.15) is 17.3 Å². The molecule has 5 aromatic carbocycles. The van der Waals surface area contributed by atoms with Gasteiger partial charge in [0, 0.05) is 0 Å². The first kappa shape index (κ1) is 29.6. The number of halogens is 1. The number of imide groups is 1. The Labute approximate surface area is 277 Å². The van der Waals surface area contributed by atoms with E-state index in [1.54, 1.807) is 14.2 Å². The number of Topliss-reactive ketones (excluding diaryl/α,β-unsaturated/α-hetero) is 1. The monoisotopic (exact) mass is 635 g/mol. The minimum Gasteiger partial charge on any atom is -0.497 e. The predicted octanol–water partition coefficient (Wildman–Crippen LogP) is 7.03. The molecule has 2 bridgehead atoms. The first-order chi connectivity index (χ1) is 23.4. The second-order valence-corrected chi connectivity index (χ2v) is 12.3. The maximum Gasteiger partial charge on any atom is 0.239 e. The minimum atomic E-state index is -1.55. The van der Waals surface area contributed by atoms with Crippen molar-refractivity contribution in [2.75, 3.05) is 19.1 Å². The third-order valence-electron chi connectivity index (χ3n) is 10.3. The number of hydrogen-bond donors (Lipinski definition) is 0. The Morgan fingerprint density at radius 1 is 0.542 bits per heavy atom. The largest absolute Gasteiger partial charge is 0.497 e. The smallest absolute Gasteiger partial charge is 0.239 e. The molecule has 0 unspecified atom stereocenters. The van der Waals surface area contributed by atoms with E-state index >= 15 is 4.79 Å². The highest BCUT2D eigenvalue weighted by molar-refractivity contribution is 6.39. The van der Waals surface area contributed by atoms with Gasteiger partial charge in [-0.2, -0.15) is 0 Å². The Morgan fingerprint density at radius 3 is 1.31 bits per heavy atom. The number of ether oxygens (including phenoxy) is 2. The van der Waals surface area contributed by atoms with Crippen molar-refractivity contribution in [2.45, 2.75) is 10.8 Å². The van der Waals surface area contributed by atoms with Crippen LogP contribution in [-0.4, -0.2) is 31.8 Å². The van der Waals surface area contributed by atoms with Gasteiger partial charge in [-0.1, -0.05) is 84.9 Å². The molecule has 6 nitrogen and oxygen atoms in total. The Hall–Kier alpha value is -5.82. The maximum absolute atomic E-state index is 16.0. The number of rotatable bonds is 7. The van der Waals surface area contributed by atoms with Crippen LogP contribution >= 0.6 is 0 Å². The van der Waals surface area contributed by atoms with Gasteiger partial charge in [0.25, 0.3) is 0 Å². The van der Waals surface area contributed by atoms with Gasteiger partial charge in [-0.3, -0.25) is 14.4 Å². The lowest BCUT2D eigenvalue weighted by Crippen LogP contribution is -2.45. The van der Waals surface area contributed by atoms with Gasteiger partial charge in [-0.15, -0.1) is 0 Å². The predicted molar refractivity (Wildman–Crippen MR) is 180 cm³/mol. The van der Waals surface area contributed by atoms with E-state index in [9.17, 15) is 14.0 Å². The van der Waals surface area contributed by atoms with Gasteiger partial charge in [-0.05, 0) is 81.9 Å². The van der Waals surface area contributed by atoms with Crippen LogP contribution < -0.4 is 14.4 Å². The lowest BCUT2D eigenvalue weighted by atomic mass is 9.59. The lowest BCUT2D eigenvalue weighted by molar-refractivity contribution is -0.130. The third-order valence-corrected chi connectivity index (χ3v) is 10.3. The zero-order valence-corrected chi connectivity index (χ0v) is 26.2. The van der Waals surface area contributed by atoms with Crippen LogP contribution in [-0.2, 0) is 25.2 Å². The van der Waals surface area contributed by atoms with Crippen LogP contribution in [0.2, 0.25) is 0 Å². The molecule has 2 amide bonds. The molecule has 1 heterocycles. The van der Waals surface area contributed by atoms with Crippen LogP contribution in [0.25, 0.3) is 11.1 Å². The highest BCUT2D eigenvalue weighted by atomic mass is 19.1. The van der Waals surface area contributed by atoms with Crippen LogP contribution in [0, 0.1) is 17.7 Å². The SMILES string of the molecule is COc1ccc(C2=C(c3ccc(OC)cc3)[C@]3(c4ccccc4)C(=O)[C@@]2(c2ccccc2)[C@@H]2C(=O)N(c4ccc(F)cc4)C(=O)[C@@H]23)cc1. The topological polar surface area (TPSA) is 72.9 Å². The second kappa shape index (κ2) is 10.9. The average molecular weight is 636 g/mol. The normalized spacial score (nSPS) is 24.3. The van der Waals surface area contributed by atoms with Gasteiger partial charge < -0.3 is 9.47 Å². The van der Waals surface area contributed by atoms with Crippen molar-refractivity contribution in [3.05, 3.63) is 162 Å². The first-order valence-corrected chi connectivity index (χ1v) is 15.7. The molecule has 3 aliphatic rings. The Balaban J connectivity index is 1.54. The fourth-order valence-electron chi connectivity index (χ4n) is 8.48. The molecular weight excluding hydrogens is 605 g/mol. The van der Waals surface area contributed by atoms with Gasteiger partial charge >= 0.3 is 0 Å². The van der Waals surface area contributed by atoms with Gasteiger partial charge in [0.05, 0.1) is 42.6 Å². The number of methoxy groups -OCH3 is 2. The van der Waals surface area contributed by atoms with Gasteiger partial charge in [0.15, 0.2) is 5.78 Å². The van der Waals surface area contributed by atoms with E-state index in [4.69, 9.17) is 9.47 Å². The highest BCUT2D eigenvalue weighted by Gasteiger charge is 2.82. The van der Waals surface area contributed by atoms with Crippen LogP contribution in [0.4, 0.5) is 10.1 Å². The number of fused-ring (bicyclic) bond motifs is 5. The summed E-state index contributed by atoms with van der Waals surface area (Å²) in [5.74, 6) is -2.58. The van der Waals surface area contributed by atoms with E-state index < -0.39 is 40.3 Å². The molecule has 0 radical (unpaired) electrons. The number of ketones is 1. The molecule has 0 N–H and O–H groups in total. The maximum atomic E-state index is 16.0. The minimum absolute atomic E-state index is 0.223. The molecule has 1 saturated carbocycles. The van der Waals surface area contributed by atoms with Crippen molar-refractivity contribution < 1.29 is 28.2 Å². The Bertz CT molecular complexity index is 1980. The van der Waals surface area contributed by atoms with Crippen molar-refractivity contribution >= 4 is 34.4 Å². The zero-order valence-electron chi connectivity index (χ0n) is 26.2. The number of hydrogen-bond acceptors (Lipinski definition) is 5. The van der Waals surface area contributed by atoms with E-state index in [0.29, 0.717) is 33.8 Å². The fourth-order valence-corrected chi connectivity index (χ4v) is 8.48. The highest BCUT2D eigenvalue weighted by Crippen LogP contribution is 2.74. The van der Waals surface area contributed by atoms with E-state index in [1.807, 2.05) is 109 Å². The summed E-state index contributed by atoms with van der Waals surface area (Å²) >= 11 is 0. The summed E-state index contributed by atoms with van der Waals surface area (Å²) in [6, 6.07) is 38.9. The molecule has 0 aromatic heterocycles. The van der Waals surface area contributed by atoms with E-state index in [1.165, 1.54) is 24.3 Å². The van der Waals surface area contributed by atoms with Crippen molar-refractivity contribution in [2.24, 2.45) is 11.8 Å². The summed E-state index contributed by atoms with van der Waals surface area (Å²) in [6.45, 7) is 0. The number of benzene rings is 5. The fraction of sp³-hybridized carbons (Fsp3) is 0.146. The van der Waals surface area contributed by atoms with Crippen molar-refractivity contribution in [1.29, 1.82) is 0 Å². The standard InChI is InChI=1S/C41H30FNO5/c1-47-31-21-13-25(14-22-31)33-34(26-15-23-32(48-2)24-16-26)41(28-11-7-4-8-12-28)36-35(40(33,39(41)46)27-9-5-3-6-10-27)37(44)43(38(36)45)30-19-17-29(42)18-20-30/h3-24,35-36H,1-2H3/t35-,36+,40+,41-. The quantitative estimate of drug-likeness (QED) is 0.180. The first-order valence-electron chi connectivity index (χ1n) is 15.7. The summed E-state index contributed by atoms with van der Waals surface area (Å²) in [5.41, 5.74) is 1.21. The number of carbonyl (C=O) groups is 3. The van der Waals surface area contributed by atoms with Crippen LogP contribution in [0.5, 0.6) is 11.5 Å².